The number of carbonyl (C=O) groups is 1. The van der Waals surface area contributed by atoms with Gasteiger partial charge in [-0.3, -0.25) is 0 Å². The largest absolute Gasteiger partial charge is 0.477 e. The molecule has 4 N–H and O–H groups in total. The first-order valence-corrected chi connectivity index (χ1v) is 4.16. The van der Waals surface area contributed by atoms with Gasteiger partial charge < -0.3 is 15.9 Å². The Bertz CT molecular complexity index is 284. The van der Waals surface area contributed by atoms with Gasteiger partial charge in [-0.15, -0.1) is 11.3 Å². The van der Waals surface area contributed by atoms with Crippen molar-refractivity contribution in [2.24, 2.45) is 5.73 Å². The van der Waals surface area contributed by atoms with E-state index in [2.05, 4.69) is 0 Å². The number of nitrogens with two attached hydrogens (primary N) is 1. The molecule has 1 rings (SSSR count). The summed E-state index contributed by atoms with van der Waals surface area (Å²) < 4.78 is 0. The molecule has 0 aliphatic rings. The molecule has 0 unspecified atom stereocenters. The van der Waals surface area contributed by atoms with Crippen molar-refractivity contribution in [1.29, 1.82) is 0 Å². The van der Waals surface area contributed by atoms with Gasteiger partial charge in [0, 0.05) is 4.88 Å². The highest BCUT2D eigenvalue weighted by atomic mass is 32.1. The zero-order valence-corrected chi connectivity index (χ0v) is 7.04. The Balaban J connectivity index is 2.84. The predicted octanol–water partition coefficient (Wildman–Crippen LogP) is 0.438. The van der Waals surface area contributed by atoms with Crippen molar-refractivity contribution in [1.82, 2.24) is 0 Å². The molecule has 0 aromatic carbocycles. The number of rotatable bonds is 3. The normalized spacial score (nSPS) is 12.8. The number of aromatic carboxylic acids is 1. The van der Waals surface area contributed by atoms with Gasteiger partial charge in [0.2, 0.25) is 0 Å². The number of carboxylic acid groups (broad SMARTS) is 1. The van der Waals surface area contributed by atoms with E-state index in [1.54, 1.807) is 6.07 Å². The standard InChI is InChI=1S/C7H9NO3S/c8-4(3-9)5-1-2-6(12-5)7(10)11/h1-2,4,9H,3,8H2,(H,10,11)/t4-/m1/s1. The minimum Gasteiger partial charge on any atom is -0.477 e. The van der Waals surface area contributed by atoms with E-state index in [0.717, 1.165) is 11.3 Å². The molecule has 5 heteroatoms. The van der Waals surface area contributed by atoms with Crippen LogP contribution in [0.1, 0.15) is 20.6 Å². The van der Waals surface area contributed by atoms with Crippen LogP contribution in [0.25, 0.3) is 0 Å². The minimum atomic E-state index is -0.962. The van der Waals surface area contributed by atoms with Crippen LogP contribution in [0.15, 0.2) is 12.1 Å². The monoisotopic (exact) mass is 187 g/mol. The fourth-order valence-corrected chi connectivity index (χ4v) is 1.60. The lowest BCUT2D eigenvalue weighted by atomic mass is 10.3. The van der Waals surface area contributed by atoms with Crippen LogP contribution < -0.4 is 5.73 Å². The molecule has 0 aliphatic carbocycles. The molecule has 12 heavy (non-hydrogen) atoms. The smallest absolute Gasteiger partial charge is 0.345 e. The molecule has 4 nitrogen and oxygen atoms in total. The van der Waals surface area contributed by atoms with Gasteiger partial charge in [0.1, 0.15) is 4.88 Å². The lowest BCUT2D eigenvalue weighted by Gasteiger charge is -2.02. The van der Waals surface area contributed by atoms with Crippen LogP contribution in [0.3, 0.4) is 0 Å². The summed E-state index contributed by atoms with van der Waals surface area (Å²) in [7, 11) is 0. The van der Waals surface area contributed by atoms with Crippen molar-refractivity contribution in [2.75, 3.05) is 6.61 Å². The molecule has 1 atom stereocenters. The number of hydrogen-bond donors (Lipinski definition) is 3. The average Bonchev–Trinajstić information content (AvgIpc) is 2.51. The first kappa shape index (κ1) is 9.18. The molecule has 1 aromatic heterocycles. The Morgan fingerprint density at radius 2 is 2.33 bits per heavy atom. The molecule has 0 amide bonds. The highest BCUT2D eigenvalue weighted by Gasteiger charge is 2.11. The summed E-state index contributed by atoms with van der Waals surface area (Å²) in [5.74, 6) is -0.962. The zero-order valence-electron chi connectivity index (χ0n) is 6.23. The molecule has 0 fully saturated rings. The van der Waals surface area contributed by atoms with Gasteiger partial charge in [-0.25, -0.2) is 4.79 Å². The van der Waals surface area contributed by atoms with Crippen molar-refractivity contribution >= 4 is 17.3 Å². The SMILES string of the molecule is N[C@H](CO)c1ccc(C(=O)O)s1. The summed E-state index contributed by atoms with van der Waals surface area (Å²) in [6.45, 7) is -0.167. The number of aliphatic hydroxyl groups is 1. The van der Waals surface area contributed by atoms with Crippen LogP contribution in [0.4, 0.5) is 0 Å². The molecule has 0 aliphatic heterocycles. The second-order valence-corrected chi connectivity index (χ2v) is 3.41. The fraction of sp³-hybridized carbons (Fsp3) is 0.286. The molecule has 0 radical (unpaired) electrons. The number of carboxylic acids is 1. The second kappa shape index (κ2) is 3.66. The summed E-state index contributed by atoms with van der Waals surface area (Å²) in [5.41, 5.74) is 5.48. The Hall–Kier alpha value is -0.910. The lowest BCUT2D eigenvalue weighted by molar-refractivity contribution is 0.0702. The topological polar surface area (TPSA) is 83.5 Å². The molecule has 0 spiro atoms. The quantitative estimate of drug-likeness (QED) is 0.641. The third-order valence-electron chi connectivity index (χ3n) is 1.40. The van der Waals surface area contributed by atoms with Crippen LogP contribution in [0, 0.1) is 0 Å². The highest BCUT2D eigenvalue weighted by Crippen LogP contribution is 2.21. The summed E-state index contributed by atoms with van der Waals surface area (Å²) >= 11 is 1.09. The Morgan fingerprint density at radius 1 is 1.67 bits per heavy atom. The van der Waals surface area contributed by atoms with Crippen molar-refractivity contribution in [3.63, 3.8) is 0 Å². The summed E-state index contributed by atoms with van der Waals surface area (Å²) in [6, 6.07) is 2.63. The number of thiophene rings is 1. The van der Waals surface area contributed by atoms with Gasteiger partial charge in [-0.2, -0.15) is 0 Å². The summed E-state index contributed by atoms with van der Waals surface area (Å²) in [5, 5.41) is 17.2. The molecular weight excluding hydrogens is 178 g/mol. The fourth-order valence-electron chi connectivity index (χ4n) is 0.757. The van der Waals surface area contributed by atoms with E-state index in [4.69, 9.17) is 15.9 Å². The third-order valence-corrected chi connectivity index (χ3v) is 2.60. The van der Waals surface area contributed by atoms with Gasteiger partial charge in [-0.1, -0.05) is 0 Å². The van der Waals surface area contributed by atoms with Gasteiger partial charge in [0.05, 0.1) is 12.6 Å². The van der Waals surface area contributed by atoms with E-state index in [1.807, 2.05) is 0 Å². The molecule has 66 valence electrons. The highest BCUT2D eigenvalue weighted by molar-refractivity contribution is 7.14. The summed E-state index contributed by atoms with van der Waals surface area (Å²) in [6.07, 6.45) is 0. The first-order valence-electron chi connectivity index (χ1n) is 3.34. The Labute approximate surface area is 73.3 Å². The average molecular weight is 187 g/mol. The molecular formula is C7H9NO3S. The van der Waals surface area contributed by atoms with E-state index in [-0.39, 0.29) is 11.5 Å². The van der Waals surface area contributed by atoms with Crippen LogP contribution in [-0.2, 0) is 0 Å². The molecule has 0 saturated carbocycles. The predicted molar refractivity (Wildman–Crippen MR) is 45.3 cm³/mol. The Kier molecular flexibility index (Phi) is 2.80. The maximum absolute atomic E-state index is 10.4. The van der Waals surface area contributed by atoms with Crippen LogP contribution in [-0.4, -0.2) is 22.8 Å². The van der Waals surface area contributed by atoms with E-state index in [9.17, 15) is 4.79 Å². The first-order chi connectivity index (χ1) is 5.65. The van der Waals surface area contributed by atoms with Gasteiger partial charge in [0.25, 0.3) is 0 Å². The molecule has 1 heterocycles. The minimum absolute atomic E-state index is 0.167. The van der Waals surface area contributed by atoms with Crippen molar-refractivity contribution < 1.29 is 15.0 Å². The van der Waals surface area contributed by atoms with Crippen molar-refractivity contribution in [3.8, 4) is 0 Å². The van der Waals surface area contributed by atoms with Crippen molar-refractivity contribution in [2.45, 2.75) is 6.04 Å². The van der Waals surface area contributed by atoms with E-state index in [1.165, 1.54) is 6.07 Å². The zero-order chi connectivity index (χ0) is 9.14. The molecule has 0 saturated heterocycles. The van der Waals surface area contributed by atoms with Gasteiger partial charge in [-0.05, 0) is 12.1 Å². The maximum Gasteiger partial charge on any atom is 0.345 e. The van der Waals surface area contributed by atoms with E-state index >= 15 is 0 Å². The van der Waals surface area contributed by atoms with Gasteiger partial charge >= 0.3 is 5.97 Å². The Morgan fingerprint density at radius 3 is 2.75 bits per heavy atom. The number of hydrogen-bond acceptors (Lipinski definition) is 4. The maximum atomic E-state index is 10.4. The van der Waals surface area contributed by atoms with Crippen molar-refractivity contribution in [3.05, 3.63) is 21.9 Å². The van der Waals surface area contributed by atoms with E-state index in [0.29, 0.717) is 4.88 Å². The van der Waals surface area contributed by atoms with Crippen LogP contribution >= 0.6 is 11.3 Å². The third kappa shape index (κ3) is 1.82. The lowest BCUT2D eigenvalue weighted by Crippen LogP contribution is -2.12. The molecule has 0 bridgehead atoms. The van der Waals surface area contributed by atoms with Crippen LogP contribution in [0.5, 0.6) is 0 Å². The second-order valence-electron chi connectivity index (χ2n) is 2.30. The summed E-state index contributed by atoms with van der Waals surface area (Å²) in [4.78, 5) is 11.4. The molecule has 1 aromatic rings. The van der Waals surface area contributed by atoms with Crippen LogP contribution in [0.2, 0.25) is 0 Å². The number of aliphatic hydroxyl groups excluding tert-OH is 1. The van der Waals surface area contributed by atoms with E-state index < -0.39 is 12.0 Å². The van der Waals surface area contributed by atoms with Gasteiger partial charge in [0.15, 0.2) is 0 Å².